The summed E-state index contributed by atoms with van der Waals surface area (Å²) >= 11 is 1.65. The van der Waals surface area contributed by atoms with Gasteiger partial charge in [0.25, 0.3) is 11.6 Å². The molecule has 6 nitrogen and oxygen atoms in total. The molecule has 0 fully saturated rings. The van der Waals surface area contributed by atoms with Crippen LogP contribution in [0, 0.1) is 6.92 Å². The number of hydrogen-bond donors (Lipinski definition) is 1. The van der Waals surface area contributed by atoms with Gasteiger partial charge in [-0.3, -0.25) is 4.79 Å². The van der Waals surface area contributed by atoms with Crippen molar-refractivity contribution < 1.29 is 9.32 Å². The van der Waals surface area contributed by atoms with Crippen LogP contribution in [-0.4, -0.2) is 41.6 Å². The van der Waals surface area contributed by atoms with Crippen LogP contribution in [-0.2, 0) is 0 Å². The van der Waals surface area contributed by atoms with E-state index >= 15 is 0 Å². The Morgan fingerprint density at radius 1 is 1.24 bits per heavy atom. The summed E-state index contributed by atoms with van der Waals surface area (Å²) in [6.07, 6.45) is 0. The average Bonchev–Trinajstić information content (AvgIpc) is 3.38. The Bertz CT molecular complexity index is 1120. The molecule has 0 aliphatic carbocycles. The maximum atomic E-state index is 13.2. The number of carbonyl (C=O) groups is 1. The number of fused-ring (bicyclic) bond motifs is 1. The van der Waals surface area contributed by atoms with Crippen LogP contribution in [0.25, 0.3) is 22.4 Å². The van der Waals surface area contributed by atoms with Crippen LogP contribution < -0.4 is 5.32 Å². The smallest absolute Gasteiger partial charge is 0.259 e. The van der Waals surface area contributed by atoms with Gasteiger partial charge in [0.1, 0.15) is 0 Å². The van der Waals surface area contributed by atoms with E-state index < -0.39 is 0 Å². The Labute approximate surface area is 173 Å². The molecule has 1 aromatic carbocycles. The van der Waals surface area contributed by atoms with Crippen LogP contribution in [0.2, 0.25) is 0 Å². The number of nitrogens with zero attached hydrogens (tertiary/aromatic N) is 3. The first-order valence-corrected chi connectivity index (χ1v) is 10.3. The summed E-state index contributed by atoms with van der Waals surface area (Å²) in [5.74, 6) is -0.164. The topological polar surface area (TPSA) is 71.3 Å². The molecule has 0 bridgehead atoms. The molecule has 3 aromatic heterocycles. The van der Waals surface area contributed by atoms with Gasteiger partial charge in [-0.15, -0.1) is 0 Å². The Morgan fingerprint density at radius 3 is 2.72 bits per heavy atom. The van der Waals surface area contributed by atoms with E-state index in [-0.39, 0.29) is 11.9 Å². The SMILES string of the molecule is Cc1noc2nc(-c3ccccc3)cc(C(=O)NC[C@H](c3ccsc3)N(C)C)c12. The molecule has 0 unspecified atom stereocenters. The van der Waals surface area contributed by atoms with Gasteiger partial charge in [0.05, 0.1) is 28.4 Å². The highest BCUT2D eigenvalue weighted by molar-refractivity contribution is 7.08. The molecule has 0 saturated carbocycles. The van der Waals surface area contributed by atoms with Crippen LogP contribution in [0.15, 0.2) is 57.7 Å². The third-order valence-electron chi connectivity index (χ3n) is 4.94. The number of amides is 1. The fourth-order valence-corrected chi connectivity index (χ4v) is 4.09. The van der Waals surface area contributed by atoms with E-state index in [1.165, 1.54) is 5.56 Å². The second-order valence-electron chi connectivity index (χ2n) is 7.12. The van der Waals surface area contributed by atoms with Crippen molar-refractivity contribution in [2.24, 2.45) is 0 Å². The molecule has 1 N–H and O–H groups in total. The average molecular weight is 407 g/mol. The molecular weight excluding hydrogens is 384 g/mol. The van der Waals surface area contributed by atoms with Crippen molar-refractivity contribution in [2.75, 3.05) is 20.6 Å². The van der Waals surface area contributed by atoms with E-state index in [2.05, 4.69) is 31.8 Å². The third kappa shape index (κ3) is 3.92. The van der Waals surface area contributed by atoms with Gasteiger partial charge in [0, 0.05) is 12.1 Å². The minimum absolute atomic E-state index is 0.0969. The Hall–Kier alpha value is -3.03. The lowest BCUT2D eigenvalue weighted by molar-refractivity contribution is 0.0943. The minimum Gasteiger partial charge on any atom is -0.350 e. The lowest BCUT2D eigenvalue weighted by Crippen LogP contribution is -2.34. The number of carbonyl (C=O) groups excluding carboxylic acids is 1. The summed E-state index contributed by atoms with van der Waals surface area (Å²) in [6.45, 7) is 2.32. The molecule has 7 heteroatoms. The Morgan fingerprint density at radius 2 is 2.03 bits per heavy atom. The number of rotatable bonds is 6. The van der Waals surface area contributed by atoms with Gasteiger partial charge in [-0.2, -0.15) is 11.3 Å². The first-order valence-electron chi connectivity index (χ1n) is 9.33. The number of hydrogen-bond acceptors (Lipinski definition) is 6. The molecule has 148 valence electrons. The number of pyridine rings is 1. The number of nitrogens with one attached hydrogen (secondary N) is 1. The largest absolute Gasteiger partial charge is 0.350 e. The summed E-state index contributed by atoms with van der Waals surface area (Å²) in [7, 11) is 4.02. The van der Waals surface area contributed by atoms with Crippen LogP contribution in [0.3, 0.4) is 0 Å². The zero-order valence-electron chi connectivity index (χ0n) is 16.5. The summed E-state index contributed by atoms with van der Waals surface area (Å²) in [6, 6.07) is 13.7. The first kappa shape index (κ1) is 19.3. The van der Waals surface area contributed by atoms with Crippen LogP contribution >= 0.6 is 11.3 Å². The summed E-state index contributed by atoms with van der Waals surface area (Å²) in [5.41, 5.74) is 4.33. The van der Waals surface area contributed by atoms with Gasteiger partial charge in [0.2, 0.25) is 0 Å². The van der Waals surface area contributed by atoms with Crippen molar-refractivity contribution in [2.45, 2.75) is 13.0 Å². The highest BCUT2D eigenvalue weighted by Gasteiger charge is 2.21. The van der Waals surface area contributed by atoms with Crippen molar-refractivity contribution in [1.29, 1.82) is 0 Å². The molecule has 3 heterocycles. The van der Waals surface area contributed by atoms with Gasteiger partial charge < -0.3 is 14.7 Å². The van der Waals surface area contributed by atoms with Crippen LogP contribution in [0.5, 0.6) is 0 Å². The van der Waals surface area contributed by atoms with Gasteiger partial charge in [0.15, 0.2) is 0 Å². The molecule has 4 rings (SSSR count). The zero-order valence-corrected chi connectivity index (χ0v) is 17.4. The van der Waals surface area contributed by atoms with E-state index in [1.807, 2.05) is 62.8 Å². The van der Waals surface area contributed by atoms with E-state index in [0.29, 0.717) is 34.6 Å². The zero-order chi connectivity index (χ0) is 20.4. The van der Waals surface area contributed by atoms with E-state index in [4.69, 9.17) is 4.52 Å². The fourth-order valence-electron chi connectivity index (χ4n) is 3.38. The summed E-state index contributed by atoms with van der Waals surface area (Å²) in [4.78, 5) is 19.8. The molecule has 29 heavy (non-hydrogen) atoms. The van der Waals surface area contributed by atoms with Crippen molar-refractivity contribution in [1.82, 2.24) is 20.4 Å². The maximum absolute atomic E-state index is 13.2. The lowest BCUT2D eigenvalue weighted by Gasteiger charge is -2.24. The van der Waals surface area contributed by atoms with Gasteiger partial charge in [-0.25, -0.2) is 4.98 Å². The second kappa shape index (κ2) is 8.14. The molecule has 0 radical (unpaired) electrons. The highest BCUT2D eigenvalue weighted by atomic mass is 32.1. The van der Waals surface area contributed by atoms with Crippen molar-refractivity contribution in [3.63, 3.8) is 0 Å². The number of likely N-dealkylation sites (N-methyl/N-ethyl adjacent to an activating group) is 1. The predicted octanol–water partition coefficient (Wildman–Crippen LogP) is 4.29. The summed E-state index contributed by atoms with van der Waals surface area (Å²) < 4.78 is 5.38. The molecule has 0 saturated heterocycles. The number of thiophene rings is 1. The number of aryl methyl sites for hydroxylation is 1. The Kier molecular flexibility index (Phi) is 5.42. The van der Waals surface area contributed by atoms with Crippen LogP contribution in [0.1, 0.15) is 27.7 Å². The molecular formula is C22H22N4O2S. The predicted molar refractivity (Wildman–Crippen MR) is 115 cm³/mol. The molecule has 1 amide bonds. The van der Waals surface area contributed by atoms with Gasteiger partial charge >= 0.3 is 0 Å². The van der Waals surface area contributed by atoms with Crippen LogP contribution in [0.4, 0.5) is 0 Å². The molecule has 4 aromatic rings. The lowest BCUT2D eigenvalue weighted by atomic mass is 10.0. The monoisotopic (exact) mass is 406 g/mol. The van der Waals surface area contributed by atoms with Crippen molar-refractivity contribution >= 4 is 28.3 Å². The number of aromatic nitrogens is 2. The minimum atomic E-state index is -0.164. The van der Waals surface area contributed by atoms with Gasteiger partial charge in [-0.1, -0.05) is 35.5 Å². The van der Waals surface area contributed by atoms with E-state index in [1.54, 1.807) is 11.3 Å². The second-order valence-corrected chi connectivity index (χ2v) is 7.90. The molecule has 0 spiro atoms. The maximum Gasteiger partial charge on any atom is 0.259 e. The molecule has 1 atom stereocenters. The first-order chi connectivity index (χ1) is 14.0. The normalized spacial score (nSPS) is 12.4. The standard InChI is InChI=1S/C22H22N4O2S/c1-14-20-17(21(27)23-12-19(26(2)3)16-9-10-29-13-16)11-18(24-22(20)28-25-14)15-7-5-4-6-8-15/h4-11,13,19H,12H2,1-3H3,(H,23,27)/t19-/m1/s1. The van der Waals surface area contributed by atoms with Gasteiger partial charge in [-0.05, 0) is 49.5 Å². The highest BCUT2D eigenvalue weighted by Crippen LogP contribution is 2.27. The van der Waals surface area contributed by atoms with E-state index in [9.17, 15) is 4.79 Å². The quantitative estimate of drug-likeness (QED) is 0.517. The fraction of sp³-hybridized carbons (Fsp3) is 0.227. The van der Waals surface area contributed by atoms with Crippen molar-refractivity contribution in [3.05, 3.63) is 70.0 Å². The van der Waals surface area contributed by atoms with E-state index in [0.717, 1.165) is 5.56 Å². The summed E-state index contributed by atoms with van der Waals surface area (Å²) in [5, 5.41) is 11.9. The molecule has 0 aliphatic rings. The molecule has 0 aliphatic heterocycles. The number of benzene rings is 1. The third-order valence-corrected chi connectivity index (χ3v) is 5.64. The van der Waals surface area contributed by atoms with Crippen molar-refractivity contribution in [3.8, 4) is 11.3 Å². The Balaban J connectivity index is 1.67.